The zero-order chi connectivity index (χ0) is 10.9. The van der Waals surface area contributed by atoms with Gasteiger partial charge in [0.05, 0.1) is 6.04 Å². The fourth-order valence-electron chi connectivity index (χ4n) is 2.15. The van der Waals surface area contributed by atoms with Crippen LogP contribution in [0.2, 0.25) is 0 Å². The van der Waals surface area contributed by atoms with E-state index < -0.39 is 0 Å². The summed E-state index contributed by atoms with van der Waals surface area (Å²) in [5.74, 6) is 1.22. The summed E-state index contributed by atoms with van der Waals surface area (Å²) in [6.45, 7) is 8.33. The average molecular weight is 197 g/mol. The van der Waals surface area contributed by atoms with Crippen molar-refractivity contribution < 1.29 is 4.79 Å². The van der Waals surface area contributed by atoms with E-state index in [2.05, 4.69) is 6.92 Å². The number of rotatable bonds is 2. The van der Waals surface area contributed by atoms with Crippen molar-refractivity contribution in [2.75, 3.05) is 0 Å². The first-order chi connectivity index (χ1) is 6.32. The predicted molar refractivity (Wildman–Crippen MR) is 58.9 cm³/mol. The molecule has 0 heterocycles. The van der Waals surface area contributed by atoms with E-state index in [-0.39, 0.29) is 23.2 Å². The van der Waals surface area contributed by atoms with Crippen LogP contribution in [0.3, 0.4) is 0 Å². The molecule has 1 aliphatic carbocycles. The number of nitrogens with two attached hydrogens (primary N) is 1. The third-order valence-electron chi connectivity index (χ3n) is 3.34. The maximum atomic E-state index is 12.0. The Morgan fingerprint density at radius 2 is 1.93 bits per heavy atom. The van der Waals surface area contributed by atoms with Crippen LogP contribution < -0.4 is 5.73 Å². The molecule has 0 radical (unpaired) electrons. The molecule has 82 valence electrons. The molecule has 3 atom stereocenters. The Balaban J connectivity index is 2.57. The second-order valence-corrected chi connectivity index (χ2v) is 5.86. The molecular formula is C12H23NO. The van der Waals surface area contributed by atoms with Crippen LogP contribution in [0.1, 0.15) is 47.0 Å². The minimum absolute atomic E-state index is 0.0943. The van der Waals surface area contributed by atoms with Gasteiger partial charge in [-0.3, -0.25) is 4.79 Å². The highest BCUT2D eigenvalue weighted by atomic mass is 16.1. The lowest BCUT2D eigenvalue weighted by molar-refractivity contribution is -0.126. The lowest BCUT2D eigenvalue weighted by Crippen LogP contribution is -2.44. The average Bonchev–Trinajstić information content (AvgIpc) is 2.47. The minimum atomic E-state index is -0.294. The van der Waals surface area contributed by atoms with Gasteiger partial charge in [0.2, 0.25) is 0 Å². The molecule has 1 saturated carbocycles. The molecule has 0 bridgehead atoms. The lowest BCUT2D eigenvalue weighted by Gasteiger charge is -2.27. The van der Waals surface area contributed by atoms with Gasteiger partial charge in [-0.2, -0.15) is 0 Å². The fourth-order valence-corrected chi connectivity index (χ4v) is 2.15. The van der Waals surface area contributed by atoms with E-state index in [0.29, 0.717) is 5.92 Å². The maximum absolute atomic E-state index is 12.0. The van der Waals surface area contributed by atoms with Gasteiger partial charge in [-0.15, -0.1) is 0 Å². The summed E-state index contributed by atoms with van der Waals surface area (Å²) < 4.78 is 0. The van der Waals surface area contributed by atoms with Crippen LogP contribution in [0.25, 0.3) is 0 Å². The van der Waals surface area contributed by atoms with E-state index >= 15 is 0 Å². The van der Waals surface area contributed by atoms with E-state index in [1.54, 1.807) is 0 Å². The van der Waals surface area contributed by atoms with Crippen LogP contribution in [0.15, 0.2) is 0 Å². The Hall–Kier alpha value is -0.370. The minimum Gasteiger partial charge on any atom is -0.321 e. The lowest BCUT2D eigenvalue weighted by atomic mass is 9.80. The van der Waals surface area contributed by atoms with E-state index in [9.17, 15) is 4.79 Å². The van der Waals surface area contributed by atoms with Gasteiger partial charge in [0.15, 0.2) is 5.78 Å². The number of Topliss-reactive ketones (excluding diaryl/α,β-unsaturated/α-hetero) is 1. The van der Waals surface area contributed by atoms with Crippen LogP contribution in [0, 0.1) is 17.3 Å². The van der Waals surface area contributed by atoms with Crippen molar-refractivity contribution in [3.63, 3.8) is 0 Å². The van der Waals surface area contributed by atoms with Gasteiger partial charge in [-0.25, -0.2) is 0 Å². The second-order valence-electron chi connectivity index (χ2n) is 5.86. The zero-order valence-electron chi connectivity index (χ0n) is 9.84. The molecule has 0 aromatic carbocycles. The standard InChI is InChI=1S/C12H23NO/c1-8-5-6-9(7-8)10(14)11(13)12(2,3)4/h8-9,11H,5-7,13H2,1-4H3. The molecule has 0 aliphatic heterocycles. The number of ketones is 1. The fraction of sp³-hybridized carbons (Fsp3) is 0.917. The molecule has 0 aromatic heterocycles. The summed E-state index contributed by atoms with van der Waals surface area (Å²) >= 11 is 0. The summed E-state index contributed by atoms with van der Waals surface area (Å²) in [6.07, 6.45) is 3.28. The molecule has 0 aromatic rings. The van der Waals surface area contributed by atoms with E-state index in [4.69, 9.17) is 5.73 Å². The first kappa shape index (κ1) is 11.7. The van der Waals surface area contributed by atoms with Crippen LogP contribution in [0.5, 0.6) is 0 Å². The third kappa shape index (κ3) is 2.57. The number of hydrogen-bond acceptors (Lipinski definition) is 2. The topological polar surface area (TPSA) is 43.1 Å². The van der Waals surface area contributed by atoms with E-state index in [1.165, 1.54) is 6.42 Å². The normalized spacial score (nSPS) is 30.4. The summed E-state index contributed by atoms with van der Waals surface area (Å²) in [5.41, 5.74) is 5.88. The van der Waals surface area contributed by atoms with E-state index in [1.807, 2.05) is 20.8 Å². The molecule has 2 nitrogen and oxygen atoms in total. The van der Waals surface area contributed by atoms with E-state index in [0.717, 1.165) is 12.8 Å². The predicted octanol–water partition coefficient (Wildman–Crippen LogP) is 2.37. The van der Waals surface area contributed by atoms with Crippen molar-refractivity contribution >= 4 is 5.78 Å². The highest BCUT2D eigenvalue weighted by molar-refractivity contribution is 5.87. The molecule has 1 aliphatic rings. The summed E-state index contributed by atoms with van der Waals surface area (Å²) in [7, 11) is 0. The molecule has 0 spiro atoms. The SMILES string of the molecule is CC1CCC(C(=O)C(N)C(C)(C)C)C1. The molecular weight excluding hydrogens is 174 g/mol. The molecule has 0 amide bonds. The van der Waals surface area contributed by atoms with Gasteiger partial charge in [0.1, 0.15) is 0 Å². The van der Waals surface area contributed by atoms with Crippen LogP contribution in [-0.4, -0.2) is 11.8 Å². The largest absolute Gasteiger partial charge is 0.321 e. The maximum Gasteiger partial charge on any atom is 0.153 e. The highest BCUT2D eigenvalue weighted by Gasteiger charge is 2.35. The molecule has 2 N–H and O–H groups in total. The molecule has 1 fully saturated rings. The molecule has 2 heteroatoms. The third-order valence-corrected chi connectivity index (χ3v) is 3.34. The highest BCUT2D eigenvalue weighted by Crippen LogP contribution is 2.33. The first-order valence-corrected chi connectivity index (χ1v) is 5.61. The quantitative estimate of drug-likeness (QED) is 0.738. The van der Waals surface area contributed by atoms with Crippen molar-refractivity contribution in [3.05, 3.63) is 0 Å². The van der Waals surface area contributed by atoms with Crippen LogP contribution in [0.4, 0.5) is 0 Å². The summed E-state index contributed by atoms with van der Waals surface area (Å²) in [6, 6.07) is -0.294. The van der Waals surface area contributed by atoms with Crippen molar-refractivity contribution in [3.8, 4) is 0 Å². The number of carbonyl (C=O) groups is 1. The summed E-state index contributed by atoms with van der Waals surface area (Å²) in [5, 5.41) is 0. The number of carbonyl (C=O) groups excluding carboxylic acids is 1. The molecule has 0 saturated heterocycles. The monoisotopic (exact) mass is 197 g/mol. The first-order valence-electron chi connectivity index (χ1n) is 5.61. The smallest absolute Gasteiger partial charge is 0.153 e. The Morgan fingerprint density at radius 1 is 1.36 bits per heavy atom. The van der Waals surface area contributed by atoms with Crippen molar-refractivity contribution in [1.82, 2.24) is 0 Å². The van der Waals surface area contributed by atoms with Crippen molar-refractivity contribution in [1.29, 1.82) is 0 Å². The van der Waals surface area contributed by atoms with Crippen LogP contribution in [-0.2, 0) is 4.79 Å². The van der Waals surface area contributed by atoms with Gasteiger partial charge >= 0.3 is 0 Å². The second kappa shape index (κ2) is 4.01. The van der Waals surface area contributed by atoms with Crippen molar-refractivity contribution in [2.45, 2.75) is 53.0 Å². The van der Waals surface area contributed by atoms with Crippen LogP contribution >= 0.6 is 0 Å². The van der Waals surface area contributed by atoms with Gasteiger partial charge in [0.25, 0.3) is 0 Å². The Labute approximate surface area is 87.2 Å². The van der Waals surface area contributed by atoms with Crippen molar-refractivity contribution in [2.24, 2.45) is 23.0 Å². The zero-order valence-corrected chi connectivity index (χ0v) is 9.84. The Morgan fingerprint density at radius 3 is 2.29 bits per heavy atom. The molecule has 3 unspecified atom stereocenters. The molecule has 14 heavy (non-hydrogen) atoms. The summed E-state index contributed by atoms with van der Waals surface area (Å²) in [4.78, 5) is 12.0. The van der Waals surface area contributed by atoms with Gasteiger partial charge in [0, 0.05) is 5.92 Å². The Kier molecular flexibility index (Phi) is 3.36. The van der Waals surface area contributed by atoms with Gasteiger partial charge < -0.3 is 5.73 Å². The van der Waals surface area contributed by atoms with Gasteiger partial charge in [-0.05, 0) is 30.6 Å². The Bertz CT molecular complexity index is 217. The van der Waals surface area contributed by atoms with Gasteiger partial charge in [-0.1, -0.05) is 27.7 Å². The molecule has 1 rings (SSSR count). The number of hydrogen-bond donors (Lipinski definition) is 1.